The Hall–Kier alpha value is -7.02. The first-order valence-electron chi connectivity index (χ1n) is 21.5. The average Bonchev–Trinajstić information content (AvgIpc) is 3.32. The Bertz CT molecular complexity index is 2520. The maximum Gasteiger partial charge on any atom is 0.270 e. The van der Waals surface area contributed by atoms with Crippen molar-refractivity contribution < 1.29 is 28.4 Å². The van der Waals surface area contributed by atoms with Gasteiger partial charge in [-0.3, -0.25) is 39.6 Å². The number of nitrogens with one attached hydrogen (secondary N) is 6. The Kier molecular flexibility index (Phi) is 14.2. The molecule has 19 heteroatoms. The molecule has 6 N–H and O–H groups in total. The Morgan fingerprint density at radius 3 is 2.12 bits per heavy atom. The number of imide groups is 1. The van der Waals surface area contributed by atoms with Crippen molar-refractivity contribution in [3.63, 3.8) is 0 Å². The van der Waals surface area contributed by atoms with E-state index in [1.54, 1.807) is 85.1 Å². The third kappa shape index (κ3) is 11.8. The highest BCUT2D eigenvalue weighted by Crippen LogP contribution is 2.25. The molecular formula is C46H48ClFN12O5. The summed E-state index contributed by atoms with van der Waals surface area (Å²) < 4.78 is 14.7. The van der Waals surface area contributed by atoms with E-state index in [9.17, 15) is 28.4 Å². The van der Waals surface area contributed by atoms with Gasteiger partial charge in [-0.1, -0.05) is 23.7 Å². The van der Waals surface area contributed by atoms with Gasteiger partial charge in [-0.05, 0) is 111 Å². The summed E-state index contributed by atoms with van der Waals surface area (Å²) in [6.07, 6.45) is 6.26. The average molecular weight is 903 g/mol. The molecule has 3 aliphatic heterocycles. The van der Waals surface area contributed by atoms with Gasteiger partial charge in [-0.2, -0.15) is 4.98 Å². The second-order valence-electron chi connectivity index (χ2n) is 16.1. The number of para-hydroxylation sites is 1. The summed E-state index contributed by atoms with van der Waals surface area (Å²) >= 11 is 6.15. The van der Waals surface area contributed by atoms with Gasteiger partial charge in [0.1, 0.15) is 11.7 Å². The fourth-order valence-corrected chi connectivity index (χ4v) is 8.04. The van der Waals surface area contributed by atoms with Crippen molar-refractivity contribution in [1.82, 2.24) is 40.9 Å². The maximum absolute atomic E-state index is 14.7. The standard InChI is InChI=1S/C46H48ClFN12O5/c47-35-3-1-2-4-37(35)53-42(62)30-5-9-32(10-6-30)51-41-36(48)28-50-46(56-41)52-33-11-7-31(8-12-33)43(63)57-60-21-18-29(19-22-60)17-20-58-23-25-59(26-24-58)34-13-14-38(49-27-34)44(64)54-39-15-16-40(61)55-45(39)65/h1-14,27-29,39H,15-26H2,(H,53,62)(H,54,64)(H,57,63)(H,55,61,65)(H2,50,51,52,56)/t39-/m0/s1. The fourth-order valence-electron chi connectivity index (χ4n) is 7.86. The van der Waals surface area contributed by atoms with Gasteiger partial charge in [0.25, 0.3) is 17.7 Å². The molecule has 0 unspecified atom stereocenters. The molecule has 8 rings (SSSR count). The van der Waals surface area contributed by atoms with Crippen LogP contribution in [0.5, 0.6) is 0 Å². The van der Waals surface area contributed by atoms with E-state index in [2.05, 4.69) is 56.8 Å². The molecule has 5 aromatic rings. The Morgan fingerprint density at radius 1 is 0.754 bits per heavy atom. The summed E-state index contributed by atoms with van der Waals surface area (Å²) in [5.74, 6) is -1.84. The molecule has 3 fully saturated rings. The van der Waals surface area contributed by atoms with Crippen molar-refractivity contribution >= 4 is 75.7 Å². The second-order valence-corrected chi connectivity index (χ2v) is 16.5. The molecule has 5 heterocycles. The zero-order valence-electron chi connectivity index (χ0n) is 35.4. The number of hydrazine groups is 1. The van der Waals surface area contributed by atoms with Crippen molar-refractivity contribution in [2.75, 3.05) is 66.7 Å². The maximum atomic E-state index is 14.7. The molecule has 1 atom stereocenters. The van der Waals surface area contributed by atoms with Gasteiger partial charge in [0.2, 0.25) is 17.8 Å². The molecule has 2 aromatic heterocycles. The topological polar surface area (TPSA) is 206 Å². The first-order valence-corrected chi connectivity index (χ1v) is 21.9. The van der Waals surface area contributed by atoms with E-state index >= 15 is 0 Å². The van der Waals surface area contributed by atoms with E-state index < -0.39 is 23.7 Å². The predicted octanol–water partition coefficient (Wildman–Crippen LogP) is 5.51. The van der Waals surface area contributed by atoms with E-state index in [-0.39, 0.29) is 48.0 Å². The number of piperidine rings is 2. The van der Waals surface area contributed by atoms with E-state index in [0.717, 1.165) is 77.0 Å². The highest BCUT2D eigenvalue weighted by molar-refractivity contribution is 6.33. The lowest BCUT2D eigenvalue weighted by atomic mass is 9.94. The summed E-state index contributed by atoms with van der Waals surface area (Å²) in [6.45, 7) is 6.06. The second kappa shape index (κ2) is 20.7. The Labute approximate surface area is 379 Å². The van der Waals surface area contributed by atoms with E-state index in [4.69, 9.17) is 11.6 Å². The first kappa shape index (κ1) is 44.6. The van der Waals surface area contributed by atoms with E-state index in [1.807, 2.05) is 11.1 Å². The Balaban J connectivity index is 0.727. The normalized spacial score (nSPS) is 17.2. The summed E-state index contributed by atoms with van der Waals surface area (Å²) in [6, 6.07) is 23.1. The van der Waals surface area contributed by atoms with Crippen LogP contribution < -0.4 is 36.9 Å². The van der Waals surface area contributed by atoms with Crippen molar-refractivity contribution in [3.8, 4) is 0 Å². The third-order valence-corrected chi connectivity index (χ3v) is 12.0. The van der Waals surface area contributed by atoms with Crippen molar-refractivity contribution in [3.05, 3.63) is 125 Å². The van der Waals surface area contributed by atoms with Crippen LogP contribution in [0.2, 0.25) is 5.02 Å². The van der Waals surface area contributed by atoms with Gasteiger partial charge in [-0.15, -0.1) is 0 Å². The highest BCUT2D eigenvalue weighted by Gasteiger charge is 2.29. The van der Waals surface area contributed by atoms with Crippen LogP contribution in [0.3, 0.4) is 0 Å². The number of piperazine rings is 1. The SMILES string of the molecule is O=C1CC[C@H](NC(=O)c2ccc(N3CCN(CCC4CCN(NC(=O)c5ccc(Nc6ncc(F)c(Nc7ccc(C(=O)Nc8ccccc8Cl)cc7)n6)cc5)CC4)CC3)cn2)C(=O)N1. The number of anilines is 6. The number of amides is 5. The number of carbonyl (C=O) groups excluding carboxylic acids is 5. The minimum atomic E-state index is -0.747. The number of benzene rings is 3. The van der Waals surface area contributed by atoms with Gasteiger partial charge in [0.05, 0.1) is 28.8 Å². The van der Waals surface area contributed by atoms with Crippen LogP contribution in [0.15, 0.2) is 97.3 Å². The molecule has 3 aromatic carbocycles. The van der Waals surface area contributed by atoms with Gasteiger partial charge in [0.15, 0.2) is 11.6 Å². The Morgan fingerprint density at radius 2 is 1.45 bits per heavy atom. The summed E-state index contributed by atoms with van der Waals surface area (Å²) in [5, 5.41) is 16.1. The number of hydrogen-bond donors (Lipinski definition) is 6. The third-order valence-electron chi connectivity index (χ3n) is 11.7. The molecule has 5 amide bonds. The number of rotatable bonds is 14. The summed E-state index contributed by atoms with van der Waals surface area (Å²) in [7, 11) is 0. The molecule has 3 saturated heterocycles. The van der Waals surface area contributed by atoms with Gasteiger partial charge >= 0.3 is 0 Å². The minimum Gasteiger partial charge on any atom is -0.368 e. The minimum absolute atomic E-state index is 0.0621. The van der Waals surface area contributed by atoms with Crippen molar-refractivity contribution in [2.45, 2.75) is 38.1 Å². The van der Waals surface area contributed by atoms with E-state index in [1.165, 1.54) is 0 Å². The summed E-state index contributed by atoms with van der Waals surface area (Å²) in [5.41, 5.74) is 6.69. The molecule has 0 spiro atoms. The van der Waals surface area contributed by atoms with Crippen LogP contribution >= 0.6 is 11.6 Å². The van der Waals surface area contributed by atoms with E-state index in [0.29, 0.717) is 39.1 Å². The van der Waals surface area contributed by atoms with Crippen LogP contribution in [0.4, 0.5) is 38.9 Å². The fraction of sp³-hybridized carbons (Fsp3) is 0.304. The lowest BCUT2D eigenvalue weighted by molar-refractivity contribution is -0.134. The van der Waals surface area contributed by atoms with Crippen LogP contribution in [0, 0.1) is 11.7 Å². The van der Waals surface area contributed by atoms with Crippen LogP contribution in [-0.4, -0.2) is 106 Å². The number of pyridine rings is 1. The number of nitrogens with zero attached hydrogens (tertiary/aromatic N) is 6. The molecule has 336 valence electrons. The van der Waals surface area contributed by atoms with Crippen molar-refractivity contribution in [1.29, 1.82) is 0 Å². The smallest absolute Gasteiger partial charge is 0.270 e. The zero-order chi connectivity index (χ0) is 45.3. The molecule has 65 heavy (non-hydrogen) atoms. The molecule has 0 bridgehead atoms. The number of carbonyl (C=O) groups is 5. The summed E-state index contributed by atoms with van der Waals surface area (Å²) in [4.78, 5) is 79.3. The molecule has 0 aliphatic carbocycles. The zero-order valence-corrected chi connectivity index (χ0v) is 36.1. The largest absolute Gasteiger partial charge is 0.368 e. The highest BCUT2D eigenvalue weighted by atomic mass is 35.5. The first-order chi connectivity index (χ1) is 31.5. The predicted molar refractivity (Wildman–Crippen MR) is 244 cm³/mol. The molecule has 0 radical (unpaired) electrons. The van der Waals surface area contributed by atoms with Gasteiger partial charge in [0, 0.05) is 68.2 Å². The lowest BCUT2D eigenvalue weighted by Crippen LogP contribution is -2.52. The number of hydrogen-bond acceptors (Lipinski definition) is 13. The van der Waals surface area contributed by atoms with Crippen LogP contribution in [0.25, 0.3) is 0 Å². The van der Waals surface area contributed by atoms with Gasteiger partial charge in [-0.25, -0.2) is 19.4 Å². The van der Waals surface area contributed by atoms with Gasteiger partial charge < -0.3 is 26.2 Å². The molecule has 3 aliphatic rings. The monoisotopic (exact) mass is 902 g/mol. The van der Waals surface area contributed by atoms with Crippen LogP contribution in [-0.2, 0) is 9.59 Å². The molecular weight excluding hydrogens is 855 g/mol. The number of halogens is 2. The van der Waals surface area contributed by atoms with Crippen molar-refractivity contribution in [2.24, 2.45) is 5.92 Å². The lowest BCUT2D eigenvalue weighted by Gasteiger charge is -2.37. The van der Waals surface area contributed by atoms with Crippen LogP contribution in [0.1, 0.15) is 63.3 Å². The molecule has 0 saturated carbocycles. The molecule has 17 nitrogen and oxygen atoms in total. The quantitative estimate of drug-likeness (QED) is 0.0763. The number of aromatic nitrogens is 3.